The zero-order valence-electron chi connectivity index (χ0n) is 13.2. The molecule has 0 atom stereocenters. The number of carboxylic acid groups (broad SMARTS) is 1. The van der Waals surface area contributed by atoms with E-state index in [1.165, 1.54) is 0 Å². The minimum Gasteiger partial charge on any atom is -0.497 e. The summed E-state index contributed by atoms with van der Waals surface area (Å²) in [7, 11) is 3.17. The van der Waals surface area contributed by atoms with Gasteiger partial charge in [0, 0.05) is 11.1 Å². The number of rotatable bonds is 5. The van der Waals surface area contributed by atoms with Crippen LogP contribution in [-0.2, 0) is 0 Å². The highest BCUT2D eigenvalue weighted by Gasteiger charge is 2.16. The van der Waals surface area contributed by atoms with Gasteiger partial charge in [-0.25, -0.2) is 4.79 Å². The largest absolute Gasteiger partial charge is 0.497 e. The van der Waals surface area contributed by atoms with Gasteiger partial charge < -0.3 is 14.6 Å². The molecule has 24 heavy (non-hydrogen) atoms. The van der Waals surface area contributed by atoms with Crippen molar-refractivity contribution in [1.82, 2.24) is 10.2 Å². The predicted molar refractivity (Wildman–Crippen MR) is 89.5 cm³/mol. The van der Waals surface area contributed by atoms with E-state index < -0.39 is 5.97 Å². The highest BCUT2D eigenvalue weighted by atomic mass is 16.5. The number of carbonyl (C=O) groups is 1. The zero-order chi connectivity index (χ0) is 17.1. The van der Waals surface area contributed by atoms with E-state index >= 15 is 0 Å². The Morgan fingerprint density at radius 3 is 2.54 bits per heavy atom. The summed E-state index contributed by atoms with van der Waals surface area (Å²) in [5.41, 5.74) is 2.80. The van der Waals surface area contributed by atoms with E-state index in [0.717, 1.165) is 5.56 Å². The first-order valence-electron chi connectivity index (χ1n) is 7.24. The van der Waals surface area contributed by atoms with Gasteiger partial charge in [0.2, 0.25) is 0 Å². The van der Waals surface area contributed by atoms with Crippen LogP contribution in [0.25, 0.3) is 22.5 Å². The van der Waals surface area contributed by atoms with Gasteiger partial charge in [0.1, 0.15) is 11.5 Å². The van der Waals surface area contributed by atoms with Crippen LogP contribution in [0.1, 0.15) is 10.4 Å². The summed E-state index contributed by atoms with van der Waals surface area (Å²) in [6.45, 7) is 0. The van der Waals surface area contributed by atoms with Crippen molar-refractivity contribution >= 4 is 5.97 Å². The molecule has 1 aromatic heterocycles. The van der Waals surface area contributed by atoms with Gasteiger partial charge in [-0.15, -0.1) is 0 Å². The summed E-state index contributed by atoms with van der Waals surface area (Å²) >= 11 is 0. The van der Waals surface area contributed by atoms with Crippen LogP contribution in [0.4, 0.5) is 0 Å². The number of hydrogen-bond donors (Lipinski definition) is 2. The van der Waals surface area contributed by atoms with Crippen LogP contribution in [0.2, 0.25) is 0 Å². The van der Waals surface area contributed by atoms with E-state index in [1.807, 2.05) is 6.07 Å². The summed E-state index contributed by atoms with van der Waals surface area (Å²) in [5, 5.41) is 16.5. The molecule has 1 heterocycles. The third-order valence-corrected chi connectivity index (χ3v) is 3.71. The SMILES string of the molecule is COc1ccc(OC)c(-c2cc(-c3ccccc3C(=O)O)[nH]n2)c1. The minimum atomic E-state index is -0.985. The first-order valence-corrected chi connectivity index (χ1v) is 7.24. The van der Waals surface area contributed by atoms with Crippen molar-refractivity contribution in [2.45, 2.75) is 0 Å². The van der Waals surface area contributed by atoms with Gasteiger partial charge in [0.25, 0.3) is 0 Å². The summed E-state index contributed by atoms with van der Waals surface area (Å²) in [6, 6.07) is 14.0. The van der Waals surface area contributed by atoms with Gasteiger partial charge in [-0.3, -0.25) is 5.10 Å². The van der Waals surface area contributed by atoms with Crippen LogP contribution in [0.15, 0.2) is 48.5 Å². The molecule has 0 aliphatic heterocycles. The minimum absolute atomic E-state index is 0.213. The van der Waals surface area contributed by atoms with Crippen molar-refractivity contribution in [3.8, 4) is 34.0 Å². The molecule has 0 saturated carbocycles. The second-order valence-corrected chi connectivity index (χ2v) is 5.08. The third-order valence-electron chi connectivity index (χ3n) is 3.71. The van der Waals surface area contributed by atoms with E-state index in [0.29, 0.717) is 28.5 Å². The molecule has 0 unspecified atom stereocenters. The second-order valence-electron chi connectivity index (χ2n) is 5.08. The predicted octanol–water partition coefficient (Wildman–Crippen LogP) is 3.46. The average molecular weight is 324 g/mol. The molecule has 2 aromatic carbocycles. The molecular weight excluding hydrogens is 308 g/mol. The number of aromatic amines is 1. The lowest BCUT2D eigenvalue weighted by Gasteiger charge is -2.08. The number of ether oxygens (including phenoxy) is 2. The fourth-order valence-corrected chi connectivity index (χ4v) is 2.52. The van der Waals surface area contributed by atoms with Gasteiger partial charge in [-0.1, -0.05) is 18.2 Å². The van der Waals surface area contributed by atoms with E-state index in [-0.39, 0.29) is 5.56 Å². The maximum absolute atomic E-state index is 11.4. The van der Waals surface area contributed by atoms with Gasteiger partial charge in [-0.05, 0) is 30.3 Å². The third kappa shape index (κ3) is 2.81. The molecule has 122 valence electrons. The van der Waals surface area contributed by atoms with Gasteiger partial charge >= 0.3 is 5.97 Å². The highest BCUT2D eigenvalue weighted by molar-refractivity contribution is 5.95. The molecule has 0 spiro atoms. The number of benzene rings is 2. The molecule has 0 aliphatic rings. The van der Waals surface area contributed by atoms with E-state index in [4.69, 9.17) is 9.47 Å². The van der Waals surface area contributed by atoms with Crippen LogP contribution in [0.3, 0.4) is 0 Å². The lowest BCUT2D eigenvalue weighted by molar-refractivity contribution is 0.0697. The standard InChI is InChI=1S/C18H16N2O4/c1-23-11-7-8-17(24-2)14(9-11)16-10-15(19-20-16)12-5-3-4-6-13(12)18(21)22/h3-10H,1-2H3,(H,19,20)(H,21,22). The molecule has 2 N–H and O–H groups in total. The van der Waals surface area contributed by atoms with Crippen LogP contribution in [-0.4, -0.2) is 35.5 Å². The maximum Gasteiger partial charge on any atom is 0.336 e. The molecule has 6 heteroatoms. The van der Waals surface area contributed by atoms with Gasteiger partial charge in [0.05, 0.1) is 31.2 Å². The molecule has 0 amide bonds. The lowest BCUT2D eigenvalue weighted by Crippen LogP contribution is -1.98. The van der Waals surface area contributed by atoms with Gasteiger partial charge in [-0.2, -0.15) is 5.10 Å². The molecule has 0 bridgehead atoms. The zero-order valence-corrected chi connectivity index (χ0v) is 13.2. The summed E-state index contributed by atoms with van der Waals surface area (Å²) in [5.74, 6) is 0.349. The summed E-state index contributed by atoms with van der Waals surface area (Å²) < 4.78 is 10.6. The van der Waals surface area contributed by atoms with E-state index in [1.54, 1.807) is 56.7 Å². The quantitative estimate of drug-likeness (QED) is 0.751. The highest BCUT2D eigenvalue weighted by Crippen LogP contribution is 2.34. The van der Waals surface area contributed by atoms with Crippen molar-refractivity contribution < 1.29 is 19.4 Å². The summed E-state index contributed by atoms with van der Waals surface area (Å²) in [6.07, 6.45) is 0. The summed E-state index contributed by atoms with van der Waals surface area (Å²) in [4.78, 5) is 11.4. The average Bonchev–Trinajstić information content (AvgIpc) is 3.10. The molecule has 0 saturated heterocycles. The van der Waals surface area contributed by atoms with E-state index in [2.05, 4.69) is 10.2 Å². The number of H-pyrrole nitrogens is 1. The fraction of sp³-hybridized carbons (Fsp3) is 0.111. The maximum atomic E-state index is 11.4. The number of aromatic carboxylic acids is 1. The monoisotopic (exact) mass is 324 g/mol. The van der Waals surface area contributed by atoms with Crippen molar-refractivity contribution in [3.63, 3.8) is 0 Å². The Balaban J connectivity index is 2.08. The molecular formula is C18H16N2O4. The molecule has 0 fully saturated rings. The molecule has 0 radical (unpaired) electrons. The van der Waals surface area contributed by atoms with Crippen LogP contribution in [0, 0.1) is 0 Å². The smallest absolute Gasteiger partial charge is 0.336 e. The number of hydrogen-bond acceptors (Lipinski definition) is 4. The molecule has 3 rings (SSSR count). The van der Waals surface area contributed by atoms with Crippen molar-refractivity contribution in [3.05, 3.63) is 54.1 Å². The Morgan fingerprint density at radius 1 is 1.04 bits per heavy atom. The second kappa shape index (κ2) is 6.45. The number of nitrogens with zero attached hydrogens (tertiary/aromatic N) is 1. The molecule has 6 nitrogen and oxygen atoms in total. The van der Waals surface area contributed by atoms with Crippen LogP contribution >= 0.6 is 0 Å². The number of methoxy groups -OCH3 is 2. The lowest BCUT2D eigenvalue weighted by atomic mass is 10.0. The Hall–Kier alpha value is -3.28. The number of nitrogens with one attached hydrogen (secondary N) is 1. The fourth-order valence-electron chi connectivity index (χ4n) is 2.52. The van der Waals surface area contributed by atoms with Crippen molar-refractivity contribution in [2.24, 2.45) is 0 Å². The van der Waals surface area contributed by atoms with E-state index in [9.17, 15) is 9.90 Å². The topological polar surface area (TPSA) is 84.4 Å². The number of aromatic nitrogens is 2. The first-order chi connectivity index (χ1) is 11.6. The van der Waals surface area contributed by atoms with Crippen LogP contribution < -0.4 is 9.47 Å². The number of carboxylic acids is 1. The normalized spacial score (nSPS) is 10.4. The van der Waals surface area contributed by atoms with Crippen molar-refractivity contribution in [2.75, 3.05) is 14.2 Å². The first kappa shape index (κ1) is 15.6. The Labute approximate surface area is 138 Å². The Morgan fingerprint density at radius 2 is 1.83 bits per heavy atom. The van der Waals surface area contributed by atoms with Gasteiger partial charge in [0.15, 0.2) is 0 Å². The molecule has 0 aliphatic carbocycles. The van der Waals surface area contributed by atoms with Crippen LogP contribution in [0.5, 0.6) is 11.5 Å². The van der Waals surface area contributed by atoms with Crippen molar-refractivity contribution in [1.29, 1.82) is 0 Å². The molecule has 3 aromatic rings. The Kier molecular flexibility index (Phi) is 4.20. The Bertz CT molecular complexity index is 886.